The Morgan fingerprint density at radius 3 is 2.55 bits per heavy atom. The van der Waals surface area contributed by atoms with E-state index in [4.69, 9.17) is 4.98 Å². The van der Waals surface area contributed by atoms with Crippen molar-refractivity contribution in [3.63, 3.8) is 0 Å². The highest BCUT2D eigenvalue weighted by Crippen LogP contribution is 2.19. The van der Waals surface area contributed by atoms with Crippen molar-refractivity contribution in [1.29, 1.82) is 0 Å². The van der Waals surface area contributed by atoms with Crippen LogP contribution >= 0.6 is 0 Å². The van der Waals surface area contributed by atoms with Crippen LogP contribution in [0.3, 0.4) is 0 Å². The maximum atomic E-state index is 4.79. The summed E-state index contributed by atoms with van der Waals surface area (Å²) < 4.78 is 0. The number of hydrogen-bond acceptors (Lipinski definition) is 5. The molecule has 0 atom stereocenters. The number of piperazine rings is 1. The van der Waals surface area contributed by atoms with Gasteiger partial charge in [-0.1, -0.05) is 18.2 Å². The van der Waals surface area contributed by atoms with Crippen LogP contribution in [0.2, 0.25) is 0 Å². The molecule has 0 aliphatic carbocycles. The maximum absolute atomic E-state index is 4.79. The second kappa shape index (κ2) is 5.93. The highest BCUT2D eigenvalue weighted by Gasteiger charge is 2.20. The lowest BCUT2D eigenvalue weighted by Crippen LogP contribution is -2.47. The van der Waals surface area contributed by atoms with Gasteiger partial charge >= 0.3 is 0 Å². The maximum Gasteiger partial charge on any atom is 0.225 e. The van der Waals surface area contributed by atoms with E-state index in [1.807, 2.05) is 6.20 Å². The molecule has 2 aliphatic heterocycles. The van der Waals surface area contributed by atoms with Crippen molar-refractivity contribution in [2.45, 2.75) is 13.0 Å². The van der Waals surface area contributed by atoms with E-state index in [1.165, 1.54) is 16.9 Å². The molecule has 1 aromatic carbocycles. The second-order valence-corrected chi connectivity index (χ2v) is 5.88. The van der Waals surface area contributed by atoms with Gasteiger partial charge in [-0.3, -0.25) is 0 Å². The van der Waals surface area contributed by atoms with Gasteiger partial charge in [0.15, 0.2) is 0 Å². The summed E-state index contributed by atoms with van der Waals surface area (Å²) in [7, 11) is 0. The highest BCUT2D eigenvalue weighted by atomic mass is 15.3. The predicted octanol–water partition coefficient (Wildman–Crippen LogP) is 1.45. The quantitative estimate of drug-likeness (QED) is 0.908. The van der Waals surface area contributed by atoms with E-state index < -0.39 is 0 Å². The fraction of sp³-hybridized carbons (Fsp3) is 0.412. The number of anilines is 2. The molecule has 2 aliphatic rings. The molecular formula is C17H21N5. The van der Waals surface area contributed by atoms with E-state index in [0.29, 0.717) is 0 Å². The Morgan fingerprint density at radius 1 is 0.955 bits per heavy atom. The summed E-state index contributed by atoms with van der Waals surface area (Å²) in [5, 5.41) is 3.36. The third-order valence-electron chi connectivity index (χ3n) is 4.48. The normalized spacial score (nSPS) is 18.2. The number of para-hydroxylation sites is 1. The fourth-order valence-electron chi connectivity index (χ4n) is 3.18. The van der Waals surface area contributed by atoms with Gasteiger partial charge in [0, 0.05) is 63.1 Å². The number of hydrogen-bond donors (Lipinski definition) is 1. The molecule has 0 bridgehead atoms. The molecule has 1 saturated heterocycles. The molecule has 4 rings (SSSR count). The molecule has 1 fully saturated rings. The first kappa shape index (κ1) is 13.5. The molecule has 2 aromatic rings. The van der Waals surface area contributed by atoms with Crippen LogP contribution in [0, 0.1) is 0 Å². The van der Waals surface area contributed by atoms with Crippen molar-refractivity contribution >= 4 is 11.6 Å². The van der Waals surface area contributed by atoms with E-state index >= 15 is 0 Å². The summed E-state index contributed by atoms with van der Waals surface area (Å²) in [6.07, 6.45) is 3.00. The molecule has 1 N–H and O–H groups in total. The van der Waals surface area contributed by atoms with Crippen molar-refractivity contribution in [3.8, 4) is 0 Å². The molecule has 22 heavy (non-hydrogen) atoms. The summed E-state index contributed by atoms with van der Waals surface area (Å²) in [6.45, 7) is 5.92. The zero-order chi connectivity index (χ0) is 14.8. The molecule has 0 radical (unpaired) electrons. The minimum atomic E-state index is 0.897. The lowest BCUT2D eigenvalue weighted by atomic mass is 10.1. The van der Waals surface area contributed by atoms with Gasteiger partial charge in [0.2, 0.25) is 5.95 Å². The number of fused-ring (bicyclic) bond motifs is 1. The minimum Gasteiger partial charge on any atom is -0.368 e. The Balaban J connectivity index is 1.45. The van der Waals surface area contributed by atoms with E-state index in [0.717, 1.165) is 51.6 Å². The van der Waals surface area contributed by atoms with Crippen molar-refractivity contribution in [1.82, 2.24) is 15.3 Å². The Labute approximate surface area is 131 Å². The van der Waals surface area contributed by atoms with Crippen molar-refractivity contribution in [3.05, 3.63) is 47.8 Å². The van der Waals surface area contributed by atoms with Gasteiger partial charge in [-0.2, -0.15) is 0 Å². The van der Waals surface area contributed by atoms with E-state index in [2.05, 4.69) is 50.4 Å². The van der Waals surface area contributed by atoms with Gasteiger partial charge in [-0.25, -0.2) is 9.97 Å². The Kier molecular flexibility index (Phi) is 3.64. The first-order valence-corrected chi connectivity index (χ1v) is 8.00. The summed E-state index contributed by atoms with van der Waals surface area (Å²) in [5.41, 5.74) is 3.77. The van der Waals surface area contributed by atoms with Crippen molar-refractivity contribution in [2.75, 3.05) is 42.5 Å². The second-order valence-electron chi connectivity index (χ2n) is 5.88. The highest BCUT2D eigenvalue weighted by molar-refractivity contribution is 5.48. The lowest BCUT2D eigenvalue weighted by Gasteiger charge is -2.36. The molecule has 3 heterocycles. The Bertz CT molecular complexity index is 635. The smallest absolute Gasteiger partial charge is 0.225 e. The van der Waals surface area contributed by atoms with Crippen LogP contribution < -0.4 is 15.1 Å². The Morgan fingerprint density at radius 2 is 1.73 bits per heavy atom. The average Bonchev–Trinajstić information content (AvgIpc) is 2.62. The number of rotatable bonds is 2. The van der Waals surface area contributed by atoms with E-state index in [9.17, 15) is 0 Å². The van der Waals surface area contributed by atoms with Crippen molar-refractivity contribution < 1.29 is 0 Å². The molecular weight excluding hydrogens is 274 g/mol. The molecule has 0 saturated carbocycles. The average molecular weight is 295 g/mol. The number of nitrogens with one attached hydrogen (secondary N) is 1. The monoisotopic (exact) mass is 295 g/mol. The lowest BCUT2D eigenvalue weighted by molar-refractivity contribution is 0.610. The SMILES string of the molecule is c1ccc(N2CCN(c3ncc4c(n3)CCNC4)CC2)cc1. The van der Waals surface area contributed by atoms with Gasteiger partial charge in [0.25, 0.3) is 0 Å². The van der Waals surface area contributed by atoms with Gasteiger partial charge in [-0.05, 0) is 12.1 Å². The third-order valence-corrected chi connectivity index (χ3v) is 4.48. The summed E-state index contributed by atoms with van der Waals surface area (Å²) in [6, 6.07) is 10.6. The van der Waals surface area contributed by atoms with Crippen LogP contribution in [0.1, 0.15) is 11.3 Å². The molecule has 1 aromatic heterocycles. The molecule has 5 nitrogen and oxygen atoms in total. The van der Waals surface area contributed by atoms with E-state index in [1.54, 1.807) is 0 Å². The Hall–Kier alpha value is -2.14. The zero-order valence-corrected chi connectivity index (χ0v) is 12.7. The van der Waals surface area contributed by atoms with Crippen LogP contribution in [-0.2, 0) is 13.0 Å². The largest absolute Gasteiger partial charge is 0.368 e. The van der Waals surface area contributed by atoms with Crippen LogP contribution in [0.5, 0.6) is 0 Å². The van der Waals surface area contributed by atoms with Gasteiger partial charge < -0.3 is 15.1 Å². The third kappa shape index (κ3) is 2.64. The van der Waals surface area contributed by atoms with Crippen LogP contribution in [-0.4, -0.2) is 42.7 Å². The number of nitrogens with zero attached hydrogens (tertiary/aromatic N) is 4. The number of aromatic nitrogens is 2. The van der Waals surface area contributed by atoms with Gasteiger partial charge in [0.05, 0.1) is 5.69 Å². The first-order chi connectivity index (χ1) is 10.9. The standard InChI is InChI=1S/C17H21N5/c1-2-4-15(5-3-1)21-8-10-22(11-9-21)17-19-13-14-12-18-7-6-16(14)20-17/h1-5,13,18H,6-12H2. The molecule has 0 amide bonds. The topological polar surface area (TPSA) is 44.3 Å². The van der Waals surface area contributed by atoms with Gasteiger partial charge in [0.1, 0.15) is 0 Å². The summed E-state index contributed by atoms with van der Waals surface area (Å²) >= 11 is 0. The molecule has 0 spiro atoms. The summed E-state index contributed by atoms with van der Waals surface area (Å²) in [5.74, 6) is 0.897. The van der Waals surface area contributed by atoms with Crippen LogP contribution in [0.4, 0.5) is 11.6 Å². The molecule has 114 valence electrons. The number of benzene rings is 1. The fourth-order valence-corrected chi connectivity index (χ4v) is 3.18. The van der Waals surface area contributed by atoms with Crippen LogP contribution in [0.25, 0.3) is 0 Å². The zero-order valence-electron chi connectivity index (χ0n) is 12.7. The minimum absolute atomic E-state index is 0.897. The molecule has 5 heteroatoms. The first-order valence-electron chi connectivity index (χ1n) is 8.00. The van der Waals surface area contributed by atoms with Crippen molar-refractivity contribution in [2.24, 2.45) is 0 Å². The van der Waals surface area contributed by atoms with Crippen LogP contribution in [0.15, 0.2) is 36.5 Å². The summed E-state index contributed by atoms with van der Waals surface area (Å²) in [4.78, 5) is 14.1. The predicted molar refractivity (Wildman–Crippen MR) is 88.3 cm³/mol. The van der Waals surface area contributed by atoms with Gasteiger partial charge in [-0.15, -0.1) is 0 Å². The molecule has 0 unspecified atom stereocenters. The van der Waals surface area contributed by atoms with E-state index in [-0.39, 0.29) is 0 Å².